The second kappa shape index (κ2) is 10.0. The molecule has 2 aromatic carbocycles. The first-order valence-corrected chi connectivity index (χ1v) is 11.5. The predicted octanol–water partition coefficient (Wildman–Crippen LogP) is 2.50. The minimum absolute atomic E-state index is 0.0402. The molecule has 1 aliphatic rings. The van der Waals surface area contributed by atoms with E-state index in [4.69, 9.17) is 14.2 Å². The Morgan fingerprint density at radius 3 is 2.52 bits per heavy atom. The maximum Gasteiger partial charge on any atom is 0.264 e. The van der Waals surface area contributed by atoms with E-state index in [1.165, 1.54) is 26.4 Å². The summed E-state index contributed by atoms with van der Waals surface area (Å²) in [6.07, 6.45) is 1.79. The van der Waals surface area contributed by atoms with Crippen LogP contribution < -0.4 is 19.1 Å². The average molecular weight is 449 g/mol. The number of rotatable bonds is 9. The number of nitrogens with one attached hydrogen (secondary N) is 1. The van der Waals surface area contributed by atoms with Gasteiger partial charge in [-0.3, -0.25) is 9.10 Å². The lowest BCUT2D eigenvalue weighted by Crippen LogP contribution is -2.43. The summed E-state index contributed by atoms with van der Waals surface area (Å²) in [6, 6.07) is 11.3. The van der Waals surface area contributed by atoms with Crippen LogP contribution in [-0.2, 0) is 19.6 Å². The van der Waals surface area contributed by atoms with E-state index in [0.29, 0.717) is 18.9 Å². The first-order valence-electron chi connectivity index (χ1n) is 10.0. The molecule has 0 spiro atoms. The number of hydrogen-bond donors (Lipinski definition) is 1. The molecule has 2 aromatic rings. The van der Waals surface area contributed by atoms with E-state index < -0.39 is 22.5 Å². The fourth-order valence-corrected chi connectivity index (χ4v) is 4.78. The van der Waals surface area contributed by atoms with Gasteiger partial charge in [0.25, 0.3) is 10.0 Å². The summed E-state index contributed by atoms with van der Waals surface area (Å²) in [5, 5.41) is 2.78. The van der Waals surface area contributed by atoms with Crippen LogP contribution in [-0.4, -0.2) is 54.3 Å². The number of methoxy groups -OCH3 is 2. The average Bonchev–Trinajstić information content (AvgIpc) is 3.29. The van der Waals surface area contributed by atoms with Gasteiger partial charge in [-0.25, -0.2) is 8.42 Å². The number of anilines is 1. The Labute approximate surface area is 183 Å². The van der Waals surface area contributed by atoms with E-state index in [1.807, 2.05) is 6.92 Å². The molecule has 0 unspecified atom stereocenters. The van der Waals surface area contributed by atoms with Gasteiger partial charge in [-0.2, -0.15) is 0 Å². The molecule has 1 heterocycles. The van der Waals surface area contributed by atoms with Crippen molar-refractivity contribution in [3.63, 3.8) is 0 Å². The molecule has 1 atom stereocenters. The van der Waals surface area contributed by atoms with Crippen LogP contribution in [0.5, 0.6) is 11.5 Å². The minimum atomic E-state index is -4.04. The molecule has 8 nitrogen and oxygen atoms in total. The Balaban J connectivity index is 1.93. The van der Waals surface area contributed by atoms with Crippen LogP contribution >= 0.6 is 0 Å². The van der Waals surface area contributed by atoms with Crippen molar-refractivity contribution in [2.24, 2.45) is 0 Å². The van der Waals surface area contributed by atoms with Crippen molar-refractivity contribution in [2.75, 3.05) is 38.2 Å². The number of hydrogen-bond acceptors (Lipinski definition) is 6. The third kappa shape index (κ3) is 5.48. The summed E-state index contributed by atoms with van der Waals surface area (Å²) in [5.41, 5.74) is 1.18. The van der Waals surface area contributed by atoms with E-state index in [9.17, 15) is 13.2 Å². The quantitative estimate of drug-likeness (QED) is 0.634. The zero-order valence-corrected chi connectivity index (χ0v) is 18.8. The van der Waals surface area contributed by atoms with Gasteiger partial charge >= 0.3 is 0 Å². The maximum atomic E-state index is 13.5. The molecule has 0 aliphatic carbocycles. The number of nitrogens with zero attached hydrogens (tertiary/aromatic N) is 1. The topological polar surface area (TPSA) is 94.2 Å². The van der Waals surface area contributed by atoms with Crippen molar-refractivity contribution in [3.05, 3.63) is 48.0 Å². The summed E-state index contributed by atoms with van der Waals surface area (Å²) >= 11 is 0. The van der Waals surface area contributed by atoms with Crippen molar-refractivity contribution in [3.8, 4) is 11.5 Å². The summed E-state index contributed by atoms with van der Waals surface area (Å²) in [6.45, 7) is 2.50. The third-order valence-electron chi connectivity index (χ3n) is 5.10. The number of ether oxygens (including phenoxy) is 3. The molecule has 0 bridgehead atoms. The monoisotopic (exact) mass is 448 g/mol. The molecule has 0 radical (unpaired) electrons. The standard InChI is InChI=1S/C22H28N2O6S/c1-16-6-9-19(10-7-16)31(26,27)24(15-22(25)23-14-18-5-4-12-30-18)20-11-8-17(28-2)13-21(20)29-3/h6-11,13,18H,4-5,12,14-15H2,1-3H3,(H,23,25)/t18-/m1/s1. The SMILES string of the molecule is COc1ccc(N(CC(=O)NC[C@H]2CCCO2)S(=O)(=O)c2ccc(C)cc2)c(OC)c1. The molecule has 31 heavy (non-hydrogen) atoms. The number of carbonyl (C=O) groups is 1. The predicted molar refractivity (Wildman–Crippen MR) is 117 cm³/mol. The minimum Gasteiger partial charge on any atom is -0.497 e. The third-order valence-corrected chi connectivity index (χ3v) is 6.88. The molecule has 9 heteroatoms. The summed E-state index contributed by atoms with van der Waals surface area (Å²) in [7, 11) is -1.09. The number of sulfonamides is 1. The lowest BCUT2D eigenvalue weighted by molar-refractivity contribution is -0.120. The van der Waals surface area contributed by atoms with Crippen LogP contribution in [0.3, 0.4) is 0 Å². The maximum absolute atomic E-state index is 13.5. The number of amides is 1. The fraction of sp³-hybridized carbons (Fsp3) is 0.409. The van der Waals surface area contributed by atoms with Gasteiger partial charge in [-0.15, -0.1) is 0 Å². The lowest BCUT2D eigenvalue weighted by Gasteiger charge is -2.26. The summed E-state index contributed by atoms with van der Waals surface area (Å²) in [4.78, 5) is 12.8. The van der Waals surface area contributed by atoms with Crippen LogP contribution in [0.25, 0.3) is 0 Å². The van der Waals surface area contributed by atoms with Gasteiger partial charge in [0.1, 0.15) is 18.0 Å². The Bertz CT molecular complexity index is 1000. The number of benzene rings is 2. The van der Waals surface area contributed by atoms with Gasteiger partial charge in [-0.1, -0.05) is 17.7 Å². The highest BCUT2D eigenvalue weighted by Gasteiger charge is 2.30. The van der Waals surface area contributed by atoms with Gasteiger partial charge in [0.2, 0.25) is 5.91 Å². The first-order chi connectivity index (χ1) is 14.8. The molecule has 1 aliphatic heterocycles. The molecule has 1 N–H and O–H groups in total. The van der Waals surface area contributed by atoms with Crippen molar-refractivity contribution in [2.45, 2.75) is 30.8 Å². The van der Waals surface area contributed by atoms with Gasteiger partial charge in [0.05, 0.1) is 30.9 Å². The first kappa shape index (κ1) is 22.9. The molecular formula is C22H28N2O6S. The van der Waals surface area contributed by atoms with Gasteiger partial charge in [-0.05, 0) is 44.0 Å². The zero-order valence-electron chi connectivity index (χ0n) is 18.0. The van der Waals surface area contributed by atoms with Crippen molar-refractivity contribution >= 4 is 21.6 Å². The second-order valence-electron chi connectivity index (χ2n) is 7.30. The van der Waals surface area contributed by atoms with Crippen molar-refractivity contribution < 1.29 is 27.4 Å². The highest BCUT2D eigenvalue weighted by Crippen LogP contribution is 2.35. The lowest BCUT2D eigenvalue weighted by atomic mass is 10.2. The number of aryl methyl sites for hydroxylation is 1. The molecule has 0 aromatic heterocycles. The summed E-state index contributed by atoms with van der Waals surface area (Å²) in [5.74, 6) is 0.363. The fourth-order valence-electron chi connectivity index (χ4n) is 3.35. The normalized spacial score (nSPS) is 16.0. The Morgan fingerprint density at radius 1 is 1.16 bits per heavy atom. The second-order valence-corrected chi connectivity index (χ2v) is 9.16. The molecule has 1 fully saturated rings. The summed E-state index contributed by atoms with van der Waals surface area (Å²) < 4.78 is 44.2. The smallest absolute Gasteiger partial charge is 0.264 e. The van der Waals surface area contributed by atoms with E-state index >= 15 is 0 Å². The van der Waals surface area contributed by atoms with E-state index in [-0.39, 0.29) is 22.4 Å². The molecule has 1 amide bonds. The molecular weight excluding hydrogens is 420 g/mol. The number of carbonyl (C=O) groups excluding carboxylic acids is 1. The van der Waals surface area contributed by atoms with Crippen LogP contribution in [0.1, 0.15) is 18.4 Å². The molecule has 168 valence electrons. The van der Waals surface area contributed by atoms with E-state index in [2.05, 4.69) is 5.32 Å². The molecule has 3 rings (SSSR count). The van der Waals surface area contributed by atoms with E-state index in [1.54, 1.807) is 30.3 Å². The largest absolute Gasteiger partial charge is 0.497 e. The van der Waals surface area contributed by atoms with Crippen molar-refractivity contribution in [1.29, 1.82) is 0 Å². The molecule has 0 saturated carbocycles. The highest BCUT2D eigenvalue weighted by atomic mass is 32.2. The van der Waals surface area contributed by atoms with Crippen LogP contribution in [0.4, 0.5) is 5.69 Å². The van der Waals surface area contributed by atoms with Crippen molar-refractivity contribution in [1.82, 2.24) is 5.32 Å². The van der Waals surface area contributed by atoms with E-state index in [0.717, 1.165) is 22.7 Å². The Hall–Kier alpha value is -2.78. The van der Waals surface area contributed by atoms with Crippen LogP contribution in [0.2, 0.25) is 0 Å². The zero-order chi connectivity index (χ0) is 22.4. The van der Waals surface area contributed by atoms with Crippen LogP contribution in [0, 0.1) is 6.92 Å². The van der Waals surface area contributed by atoms with Gasteiger partial charge < -0.3 is 19.5 Å². The molecule has 1 saturated heterocycles. The van der Waals surface area contributed by atoms with Gasteiger partial charge in [0, 0.05) is 19.2 Å². The van der Waals surface area contributed by atoms with Crippen LogP contribution in [0.15, 0.2) is 47.4 Å². The van der Waals surface area contributed by atoms with Gasteiger partial charge in [0.15, 0.2) is 0 Å². The Kier molecular flexibility index (Phi) is 7.40. The Morgan fingerprint density at radius 2 is 1.90 bits per heavy atom. The highest BCUT2D eigenvalue weighted by molar-refractivity contribution is 7.92.